The Bertz CT molecular complexity index is 174. The number of hydrogen-bond acceptors (Lipinski definition) is 3. The third kappa shape index (κ3) is 7.74. The van der Waals surface area contributed by atoms with Crippen LogP contribution in [0.25, 0.3) is 0 Å². The predicted molar refractivity (Wildman–Crippen MR) is 75.5 cm³/mol. The lowest BCUT2D eigenvalue weighted by Crippen LogP contribution is -2.43. The molecule has 0 heterocycles. The summed E-state index contributed by atoms with van der Waals surface area (Å²) in [6.45, 7) is 15.4. The van der Waals surface area contributed by atoms with Crippen molar-refractivity contribution in [1.82, 2.24) is 10.2 Å². The average molecular weight is 244 g/mol. The Labute approximate surface area is 108 Å². The number of nitrogens with zero attached hydrogens (tertiary/aromatic N) is 1. The second kappa shape index (κ2) is 9.86. The Kier molecular flexibility index (Phi) is 9.79. The van der Waals surface area contributed by atoms with Crippen LogP contribution in [-0.4, -0.2) is 50.3 Å². The van der Waals surface area contributed by atoms with E-state index in [0.29, 0.717) is 12.1 Å². The van der Waals surface area contributed by atoms with Crippen LogP contribution in [0.2, 0.25) is 0 Å². The fourth-order valence-corrected chi connectivity index (χ4v) is 2.26. The first-order valence-corrected chi connectivity index (χ1v) is 6.98. The summed E-state index contributed by atoms with van der Waals surface area (Å²) >= 11 is 0. The van der Waals surface area contributed by atoms with Crippen LogP contribution in [0.3, 0.4) is 0 Å². The third-order valence-corrected chi connectivity index (χ3v) is 3.20. The molecular formula is C14H32N2O. The van der Waals surface area contributed by atoms with E-state index < -0.39 is 0 Å². The van der Waals surface area contributed by atoms with Crippen molar-refractivity contribution in [1.29, 1.82) is 0 Å². The van der Waals surface area contributed by atoms with Gasteiger partial charge in [-0.3, -0.25) is 4.90 Å². The third-order valence-electron chi connectivity index (χ3n) is 3.20. The number of methoxy groups -OCH3 is 1. The van der Waals surface area contributed by atoms with E-state index in [9.17, 15) is 0 Å². The molecule has 0 aliphatic heterocycles. The lowest BCUT2D eigenvalue weighted by atomic mass is 10.1. The molecular weight excluding hydrogens is 212 g/mol. The largest absolute Gasteiger partial charge is 0.383 e. The standard InChI is InChI=1S/C14H32N2O/c1-7-16(14(5)11-17-6)13(4)8-9-15-10-12(2)3/h12-15H,7-11H2,1-6H3. The number of ether oxygens (including phenoxy) is 1. The molecule has 0 aromatic rings. The molecule has 0 saturated carbocycles. The molecule has 0 aliphatic carbocycles. The SMILES string of the molecule is CCN(C(C)CCNCC(C)C)C(C)COC. The molecule has 3 heteroatoms. The zero-order chi connectivity index (χ0) is 13.3. The minimum absolute atomic E-state index is 0.505. The molecule has 1 N–H and O–H groups in total. The van der Waals surface area contributed by atoms with Crippen LogP contribution < -0.4 is 5.32 Å². The molecule has 0 amide bonds. The van der Waals surface area contributed by atoms with E-state index in [1.54, 1.807) is 7.11 Å². The van der Waals surface area contributed by atoms with Gasteiger partial charge in [-0.2, -0.15) is 0 Å². The Hall–Kier alpha value is -0.120. The lowest BCUT2D eigenvalue weighted by molar-refractivity contribution is 0.0756. The van der Waals surface area contributed by atoms with Crippen molar-refractivity contribution < 1.29 is 4.74 Å². The van der Waals surface area contributed by atoms with Crippen molar-refractivity contribution in [3.63, 3.8) is 0 Å². The summed E-state index contributed by atoms with van der Waals surface area (Å²) in [5, 5.41) is 3.51. The van der Waals surface area contributed by atoms with E-state index in [1.807, 2.05) is 0 Å². The topological polar surface area (TPSA) is 24.5 Å². The Morgan fingerprint density at radius 3 is 2.24 bits per heavy atom. The Morgan fingerprint density at radius 1 is 1.12 bits per heavy atom. The van der Waals surface area contributed by atoms with Gasteiger partial charge < -0.3 is 10.1 Å². The first-order valence-electron chi connectivity index (χ1n) is 6.98. The smallest absolute Gasteiger partial charge is 0.0615 e. The summed E-state index contributed by atoms with van der Waals surface area (Å²) in [7, 11) is 1.78. The second-order valence-electron chi connectivity index (χ2n) is 5.37. The van der Waals surface area contributed by atoms with Gasteiger partial charge in [-0.05, 0) is 45.8 Å². The highest BCUT2D eigenvalue weighted by molar-refractivity contribution is 4.73. The van der Waals surface area contributed by atoms with Gasteiger partial charge in [0.15, 0.2) is 0 Å². The molecule has 2 unspecified atom stereocenters. The van der Waals surface area contributed by atoms with Gasteiger partial charge in [0, 0.05) is 19.2 Å². The molecule has 0 aliphatic rings. The van der Waals surface area contributed by atoms with Crippen LogP contribution in [-0.2, 0) is 4.74 Å². The van der Waals surface area contributed by atoms with Gasteiger partial charge in [0.25, 0.3) is 0 Å². The molecule has 17 heavy (non-hydrogen) atoms. The highest BCUT2D eigenvalue weighted by Crippen LogP contribution is 2.08. The monoisotopic (exact) mass is 244 g/mol. The summed E-state index contributed by atoms with van der Waals surface area (Å²) in [5.74, 6) is 0.736. The maximum atomic E-state index is 5.24. The normalized spacial score (nSPS) is 15.5. The minimum atomic E-state index is 0.505. The maximum absolute atomic E-state index is 5.24. The molecule has 3 nitrogen and oxygen atoms in total. The number of hydrogen-bond donors (Lipinski definition) is 1. The van der Waals surface area contributed by atoms with Crippen LogP contribution in [0, 0.1) is 5.92 Å². The summed E-state index contributed by atoms with van der Waals surface area (Å²) in [6, 6.07) is 1.12. The predicted octanol–water partition coefficient (Wildman–Crippen LogP) is 2.37. The second-order valence-corrected chi connectivity index (χ2v) is 5.37. The van der Waals surface area contributed by atoms with Crippen molar-refractivity contribution in [3.05, 3.63) is 0 Å². The summed E-state index contributed by atoms with van der Waals surface area (Å²) in [4.78, 5) is 2.51. The van der Waals surface area contributed by atoms with Crippen molar-refractivity contribution >= 4 is 0 Å². The lowest BCUT2D eigenvalue weighted by Gasteiger charge is -2.33. The average Bonchev–Trinajstić information content (AvgIpc) is 2.25. The van der Waals surface area contributed by atoms with Crippen molar-refractivity contribution in [2.75, 3.05) is 33.4 Å². The van der Waals surface area contributed by atoms with Gasteiger partial charge in [0.2, 0.25) is 0 Å². The maximum Gasteiger partial charge on any atom is 0.0615 e. The quantitative estimate of drug-likeness (QED) is 0.597. The van der Waals surface area contributed by atoms with Crippen molar-refractivity contribution in [2.24, 2.45) is 5.92 Å². The number of rotatable bonds is 10. The van der Waals surface area contributed by atoms with Crippen LogP contribution >= 0.6 is 0 Å². The summed E-state index contributed by atoms with van der Waals surface area (Å²) in [5.41, 5.74) is 0. The van der Waals surface area contributed by atoms with E-state index in [4.69, 9.17) is 4.74 Å². The Balaban J connectivity index is 3.87. The summed E-state index contributed by atoms with van der Waals surface area (Å²) < 4.78 is 5.24. The van der Waals surface area contributed by atoms with E-state index >= 15 is 0 Å². The van der Waals surface area contributed by atoms with Crippen LogP contribution in [0.5, 0.6) is 0 Å². The first kappa shape index (κ1) is 16.9. The van der Waals surface area contributed by atoms with Crippen molar-refractivity contribution in [3.8, 4) is 0 Å². The van der Waals surface area contributed by atoms with Crippen molar-refractivity contribution in [2.45, 2.75) is 53.1 Å². The van der Waals surface area contributed by atoms with Gasteiger partial charge in [0.05, 0.1) is 6.61 Å². The Morgan fingerprint density at radius 2 is 1.76 bits per heavy atom. The summed E-state index contributed by atoms with van der Waals surface area (Å²) in [6.07, 6.45) is 1.20. The zero-order valence-corrected chi connectivity index (χ0v) is 12.6. The molecule has 0 spiro atoms. The number of nitrogens with one attached hydrogen (secondary N) is 1. The minimum Gasteiger partial charge on any atom is -0.383 e. The fourth-order valence-electron chi connectivity index (χ4n) is 2.26. The van der Waals surface area contributed by atoms with Crippen LogP contribution in [0.15, 0.2) is 0 Å². The van der Waals surface area contributed by atoms with Gasteiger partial charge in [-0.15, -0.1) is 0 Å². The molecule has 0 fully saturated rings. The molecule has 104 valence electrons. The van der Waals surface area contributed by atoms with Gasteiger partial charge >= 0.3 is 0 Å². The molecule has 0 rings (SSSR count). The highest BCUT2D eigenvalue weighted by Gasteiger charge is 2.17. The van der Waals surface area contributed by atoms with Crippen LogP contribution in [0.1, 0.15) is 41.0 Å². The molecule has 0 aromatic heterocycles. The van der Waals surface area contributed by atoms with E-state index in [1.165, 1.54) is 6.42 Å². The molecule has 0 bridgehead atoms. The highest BCUT2D eigenvalue weighted by atomic mass is 16.5. The van der Waals surface area contributed by atoms with Crippen LogP contribution in [0.4, 0.5) is 0 Å². The number of likely N-dealkylation sites (N-methyl/N-ethyl adjacent to an activating group) is 1. The molecule has 0 saturated heterocycles. The van der Waals surface area contributed by atoms with Gasteiger partial charge in [0.1, 0.15) is 0 Å². The van der Waals surface area contributed by atoms with E-state index in [2.05, 4.69) is 44.8 Å². The van der Waals surface area contributed by atoms with E-state index in [0.717, 1.165) is 32.2 Å². The molecule has 0 aromatic carbocycles. The molecule has 2 atom stereocenters. The molecule has 0 radical (unpaired) electrons. The van der Waals surface area contributed by atoms with Gasteiger partial charge in [-0.1, -0.05) is 20.8 Å². The fraction of sp³-hybridized carbons (Fsp3) is 1.00. The zero-order valence-electron chi connectivity index (χ0n) is 12.6. The first-order chi connectivity index (χ1) is 8.02. The van der Waals surface area contributed by atoms with E-state index in [-0.39, 0.29) is 0 Å². The van der Waals surface area contributed by atoms with Gasteiger partial charge in [-0.25, -0.2) is 0 Å².